The van der Waals surface area contributed by atoms with Crippen molar-refractivity contribution in [2.45, 2.75) is 13.0 Å². The lowest BCUT2D eigenvalue weighted by Gasteiger charge is -2.08. The molecular weight excluding hydrogens is 368 g/mol. The number of pyridine rings is 2. The van der Waals surface area contributed by atoms with Crippen LogP contribution in [0, 0.1) is 0 Å². The van der Waals surface area contributed by atoms with Gasteiger partial charge in [0, 0.05) is 37.9 Å². The second-order valence-electron chi connectivity index (χ2n) is 6.36. The van der Waals surface area contributed by atoms with E-state index in [2.05, 4.69) is 20.6 Å². The zero-order valence-corrected chi connectivity index (χ0v) is 16.1. The van der Waals surface area contributed by atoms with Gasteiger partial charge in [0.25, 0.3) is 11.8 Å². The molecular formula is C22H22N4O3. The van der Waals surface area contributed by atoms with Crippen LogP contribution in [0.4, 0.5) is 0 Å². The number of ether oxygens (including phenoxy) is 1. The molecule has 0 aliphatic rings. The van der Waals surface area contributed by atoms with Gasteiger partial charge in [-0.25, -0.2) is 0 Å². The molecule has 0 saturated heterocycles. The van der Waals surface area contributed by atoms with Crippen LogP contribution in [-0.4, -0.2) is 35.4 Å². The lowest BCUT2D eigenvalue weighted by molar-refractivity contribution is 0.0950. The number of rotatable bonds is 8. The van der Waals surface area contributed by atoms with Gasteiger partial charge in [-0.15, -0.1) is 0 Å². The molecule has 0 fully saturated rings. The van der Waals surface area contributed by atoms with Crippen molar-refractivity contribution in [3.63, 3.8) is 0 Å². The zero-order chi connectivity index (χ0) is 20.5. The molecule has 2 N–H and O–H groups in total. The van der Waals surface area contributed by atoms with Crippen LogP contribution in [0.15, 0.2) is 67.3 Å². The van der Waals surface area contributed by atoms with E-state index in [0.29, 0.717) is 30.6 Å². The molecule has 0 radical (unpaired) electrons. The van der Waals surface area contributed by atoms with Crippen molar-refractivity contribution < 1.29 is 14.3 Å². The molecule has 0 bridgehead atoms. The molecule has 3 aromatic rings. The van der Waals surface area contributed by atoms with Crippen molar-refractivity contribution in [1.29, 1.82) is 0 Å². The Labute approximate surface area is 169 Å². The Bertz CT molecular complexity index is 977. The Kier molecular flexibility index (Phi) is 6.89. The third-order valence-corrected chi connectivity index (χ3v) is 4.30. The highest BCUT2D eigenvalue weighted by atomic mass is 16.5. The maximum atomic E-state index is 12.4. The predicted octanol–water partition coefficient (Wildman–Crippen LogP) is 2.39. The minimum absolute atomic E-state index is 0.274. The summed E-state index contributed by atoms with van der Waals surface area (Å²) in [7, 11) is 1.62. The van der Waals surface area contributed by atoms with Crippen LogP contribution in [0.25, 0.3) is 0 Å². The van der Waals surface area contributed by atoms with Crippen LogP contribution < -0.4 is 15.4 Å². The summed E-state index contributed by atoms with van der Waals surface area (Å²) in [5, 5.41) is 5.66. The molecule has 148 valence electrons. The summed E-state index contributed by atoms with van der Waals surface area (Å²) in [4.78, 5) is 32.7. The van der Waals surface area contributed by atoms with Gasteiger partial charge in [0.05, 0.1) is 18.2 Å². The first-order chi connectivity index (χ1) is 14.2. The van der Waals surface area contributed by atoms with Crippen molar-refractivity contribution >= 4 is 11.8 Å². The quantitative estimate of drug-likeness (QED) is 0.616. The summed E-state index contributed by atoms with van der Waals surface area (Å²) in [6, 6.07) is 12.9. The average molecular weight is 390 g/mol. The fourth-order valence-corrected chi connectivity index (χ4v) is 2.72. The first-order valence-electron chi connectivity index (χ1n) is 9.19. The Morgan fingerprint density at radius 2 is 1.62 bits per heavy atom. The monoisotopic (exact) mass is 390 g/mol. The second kappa shape index (κ2) is 9.98. The summed E-state index contributed by atoms with van der Waals surface area (Å²) in [6.45, 7) is 0.836. The molecule has 3 rings (SSSR count). The minimum atomic E-state index is -0.291. The molecule has 0 aliphatic carbocycles. The van der Waals surface area contributed by atoms with Gasteiger partial charge < -0.3 is 15.4 Å². The number of carbonyl (C=O) groups is 2. The van der Waals surface area contributed by atoms with Gasteiger partial charge in [-0.1, -0.05) is 12.1 Å². The molecule has 7 heteroatoms. The number of nitrogens with one attached hydrogen (secondary N) is 2. The number of methoxy groups -OCH3 is 1. The molecule has 1 aromatic carbocycles. The number of hydrogen-bond acceptors (Lipinski definition) is 5. The van der Waals surface area contributed by atoms with E-state index >= 15 is 0 Å². The maximum Gasteiger partial charge on any atom is 0.253 e. The van der Waals surface area contributed by atoms with Gasteiger partial charge in [0.2, 0.25) is 0 Å². The SMILES string of the molecule is COc1cccc(CCNC(=O)c2cncc(C(=O)NCc3ccncc3)c2)c1. The van der Waals surface area contributed by atoms with Gasteiger partial charge in [0.15, 0.2) is 0 Å². The number of carbonyl (C=O) groups excluding carboxylic acids is 2. The number of aromatic nitrogens is 2. The van der Waals surface area contributed by atoms with E-state index in [1.165, 1.54) is 18.5 Å². The highest BCUT2D eigenvalue weighted by Crippen LogP contribution is 2.12. The summed E-state index contributed by atoms with van der Waals surface area (Å²) in [5.74, 6) is 0.216. The normalized spacial score (nSPS) is 10.2. The van der Waals surface area contributed by atoms with Gasteiger partial charge >= 0.3 is 0 Å². The Balaban J connectivity index is 1.53. The van der Waals surface area contributed by atoms with E-state index in [-0.39, 0.29) is 11.8 Å². The first kappa shape index (κ1) is 20.0. The fourth-order valence-electron chi connectivity index (χ4n) is 2.72. The minimum Gasteiger partial charge on any atom is -0.497 e. The standard InChI is InChI=1S/C22H22N4O3/c1-29-20-4-2-3-16(11-20)7-10-25-21(27)18-12-19(15-24-14-18)22(28)26-13-17-5-8-23-9-6-17/h2-6,8-9,11-12,14-15H,7,10,13H2,1H3,(H,25,27)(H,26,28). The third kappa shape index (κ3) is 5.87. The molecule has 0 saturated carbocycles. The average Bonchev–Trinajstić information content (AvgIpc) is 2.78. The van der Waals surface area contributed by atoms with Crippen LogP contribution in [-0.2, 0) is 13.0 Å². The number of hydrogen-bond donors (Lipinski definition) is 2. The van der Waals surface area contributed by atoms with Gasteiger partial charge in [-0.3, -0.25) is 19.6 Å². The van der Waals surface area contributed by atoms with Gasteiger partial charge in [-0.2, -0.15) is 0 Å². The topological polar surface area (TPSA) is 93.2 Å². The molecule has 2 aromatic heterocycles. The van der Waals surface area contributed by atoms with Crippen molar-refractivity contribution in [3.8, 4) is 5.75 Å². The highest BCUT2D eigenvalue weighted by Gasteiger charge is 2.11. The van der Waals surface area contributed by atoms with Crippen LogP contribution in [0.1, 0.15) is 31.8 Å². The van der Waals surface area contributed by atoms with Crippen molar-refractivity contribution in [3.05, 3.63) is 89.5 Å². The molecule has 29 heavy (non-hydrogen) atoms. The largest absolute Gasteiger partial charge is 0.497 e. The van der Waals surface area contributed by atoms with E-state index in [1.807, 2.05) is 36.4 Å². The molecule has 2 heterocycles. The fraction of sp³-hybridized carbons (Fsp3) is 0.182. The Morgan fingerprint density at radius 3 is 2.34 bits per heavy atom. The Morgan fingerprint density at radius 1 is 0.897 bits per heavy atom. The second-order valence-corrected chi connectivity index (χ2v) is 6.36. The number of amides is 2. The summed E-state index contributed by atoms with van der Waals surface area (Å²) in [6.07, 6.45) is 6.89. The van der Waals surface area contributed by atoms with Crippen molar-refractivity contribution in [1.82, 2.24) is 20.6 Å². The molecule has 0 aliphatic heterocycles. The third-order valence-electron chi connectivity index (χ3n) is 4.30. The van der Waals surface area contributed by atoms with Gasteiger partial charge in [-0.05, 0) is 47.9 Å². The van der Waals surface area contributed by atoms with Crippen LogP contribution >= 0.6 is 0 Å². The van der Waals surface area contributed by atoms with E-state index in [4.69, 9.17) is 4.74 Å². The highest BCUT2D eigenvalue weighted by molar-refractivity contribution is 5.99. The van der Waals surface area contributed by atoms with Crippen LogP contribution in [0.5, 0.6) is 5.75 Å². The van der Waals surface area contributed by atoms with E-state index < -0.39 is 0 Å². The molecule has 0 atom stereocenters. The molecule has 0 unspecified atom stereocenters. The smallest absolute Gasteiger partial charge is 0.253 e. The predicted molar refractivity (Wildman–Crippen MR) is 109 cm³/mol. The van der Waals surface area contributed by atoms with Gasteiger partial charge in [0.1, 0.15) is 5.75 Å². The molecule has 2 amide bonds. The maximum absolute atomic E-state index is 12.4. The van der Waals surface area contributed by atoms with E-state index in [1.54, 1.807) is 19.5 Å². The van der Waals surface area contributed by atoms with E-state index in [9.17, 15) is 9.59 Å². The number of benzene rings is 1. The van der Waals surface area contributed by atoms with Crippen LogP contribution in [0.2, 0.25) is 0 Å². The zero-order valence-electron chi connectivity index (χ0n) is 16.1. The summed E-state index contributed by atoms with van der Waals surface area (Å²) < 4.78 is 5.20. The lowest BCUT2D eigenvalue weighted by atomic mass is 10.1. The van der Waals surface area contributed by atoms with Crippen molar-refractivity contribution in [2.24, 2.45) is 0 Å². The molecule has 0 spiro atoms. The first-order valence-corrected chi connectivity index (χ1v) is 9.19. The van der Waals surface area contributed by atoms with Crippen LogP contribution in [0.3, 0.4) is 0 Å². The Hall–Kier alpha value is -3.74. The molecule has 7 nitrogen and oxygen atoms in total. The summed E-state index contributed by atoms with van der Waals surface area (Å²) in [5.41, 5.74) is 2.67. The van der Waals surface area contributed by atoms with Crippen molar-refractivity contribution in [2.75, 3.05) is 13.7 Å². The van der Waals surface area contributed by atoms with E-state index in [0.717, 1.165) is 16.9 Å². The number of nitrogens with zero attached hydrogens (tertiary/aromatic N) is 2. The summed E-state index contributed by atoms with van der Waals surface area (Å²) >= 11 is 0. The lowest BCUT2D eigenvalue weighted by Crippen LogP contribution is -2.27.